The van der Waals surface area contributed by atoms with Crippen LogP contribution in [0.2, 0.25) is 5.02 Å². The van der Waals surface area contributed by atoms with Crippen molar-refractivity contribution in [1.29, 1.82) is 0 Å². The third kappa shape index (κ3) is 7.14. The molecule has 214 valence electrons. The Balaban J connectivity index is 1.22. The van der Waals surface area contributed by atoms with Crippen LogP contribution in [0.4, 0.5) is 22.1 Å². The van der Waals surface area contributed by atoms with E-state index in [0.29, 0.717) is 41.0 Å². The Labute approximate surface area is 243 Å². The lowest BCUT2D eigenvalue weighted by Gasteiger charge is -2.35. The second kappa shape index (κ2) is 11.8. The van der Waals surface area contributed by atoms with Crippen LogP contribution in [0, 0.1) is 5.92 Å². The van der Waals surface area contributed by atoms with E-state index in [4.69, 9.17) is 21.3 Å². The van der Waals surface area contributed by atoms with Crippen molar-refractivity contribution in [3.8, 4) is 11.3 Å². The highest BCUT2D eigenvalue weighted by atomic mass is 35.5. The molecule has 0 spiro atoms. The number of likely N-dealkylation sites (tertiary alicyclic amines) is 1. The average Bonchev–Trinajstić information content (AvgIpc) is 3.33. The normalized spacial score (nSPS) is 17.7. The van der Waals surface area contributed by atoms with Crippen molar-refractivity contribution in [3.63, 3.8) is 0 Å². The van der Waals surface area contributed by atoms with Gasteiger partial charge < -0.3 is 25.3 Å². The predicted octanol–water partition coefficient (Wildman–Crippen LogP) is 6.00. The minimum absolute atomic E-state index is 0.0399. The predicted molar refractivity (Wildman–Crippen MR) is 162 cm³/mol. The molecule has 5 rings (SSSR count). The molecular formula is C30H34ClN7O3. The molecule has 3 heterocycles. The summed E-state index contributed by atoms with van der Waals surface area (Å²) in [4.78, 5) is 39.7. The van der Waals surface area contributed by atoms with Gasteiger partial charge in [-0.15, -0.1) is 0 Å². The number of amides is 2. The van der Waals surface area contributed by atoms with Crippen LogP contribution in [0.25, 0.3) is 22.2 Å². The van der Waals surface area contributed by atoms with Gasteiger partial charge in [-0.05, 0) is 64.6 Å². The lowest BCUT2D eigenvalue weighted by Crippen LogP contribution is -2.48. The first-order chi connectivity index (χ1) is 19.5. The number of benzene rings is 2. The van der Waals surface area contributed by atoms with E-state index < -0.39 is 11.7 Å². The monoisotopic (exact) mass is 575 g/mol. The van der Waals surface area contributed by atoms with Crippen molar-refractivity contribution in [1.82, 2.24) is 19.9 Å². The highest BCUT2D eigenvalue weighted by Gasteiger charge is 2.31. The van der Waals surface area contributed by atoms with E-state index in [1.54, 1.807) is 51.2 Å². The van der Waals surface area contributed by atoms with E-state index in [9.17, 15) is 9.59 Å². The fourth-order valence-electron chi connectivity index (χ4n) is 4.99. The van der Waals surface area contributed by atoms with E-state index in [0.717, 1.165) is 23.0 Å². The molecule has 0 saturated carbocycles. The highest BCUT2D eigenvalue weighted by Crippen LogP contribution is 2.32. The fraction of sp³-hybridized carbons (Fsp3) is 0.333. The van der Waals surface area contributed by atoms with Crippen molar-refractivity contribution >= 4 is 51.8 Å². The summed E-state index contributed by atoms with van der Waals surface area (Å²) in [5.41, 5.74) is 3.19. The molecule has 2 atom stereocenters. The number of aromatic amines is 1. The molecule has 2 amide bonds. The van der Waals surface area contributed by atoms with Gasteiger partial charge in [-0.3, -0.25) is 10.1 Å². The maximum atomic E-state index is 13.2. The van der Waals surface area contributed by atoms with Crippen molar-refractivity contribution < 1.29 is 14.3 Å². The number of aromatic nitrogens is 3. The van der Waals surface area contributed by atoms with Crippen LogP contribution in [0.5, 0.6) is 0 Å². The molecule has 1 aliphatic rings. The summed E-state index contributed by atoms with van der Waals surface area (Å²) < 4.78 is 5.28. The third-order valence-electron chi connectivity index (χ3n) is 6.72. The number of piperidine rings is 1. The molecule has 1 fully saturated rings. The Kier molecular flexibility index (Phi) is 8.14. The van der Waals surface area contributed by atoms with Gasteiger partial charge in [0.25, 0.3) is 0 Å². The molecule has 0 radical (unpaired) electrons. The topological polar surface area (TPSA) is 124 Å². The summed E-state index contributed by atoms with van der Waals surface area (Å²) in [5, 5.41) is 10.6. The number of fused-ring (bicyclic) bond motifs is 1. The third-order valence-corrected chi connectivity index (χ3v) is 7.00. The van der Waals surface area contributed by atoms with E-state index in [1.165, 1.54) is 0 Å². The Hall–Kier alpha value is -4.15. The Morgan fingerprint density at radius 3 is 2.49 bits per heavy atom. The maximum Gasteiger partial charge on any atom is 0.412 e. The quantitative estimate of drug-likeness (QED) is 0.222. The zero-order chi connectivity index (χ0) is 29.1. The second-order valence-electron chi connectivity index (χ2n) is 11.3. The standard InChI is InChI=1S/C30H34ClN7O3/c1-30(2,3)41-29(40)36-20-11-9-19(10-12-20)34-27(39)18-13-21(17-38(4)16-18)35-28-33-15-24(31)26(37-28)23-14-32-25-8-6-5-7-22(23)25/h5-12,14-15,18,21,32H,13,16-17H2,1-4H3,(H,34,39)(H,36,40)(H,33,35,37)/t18-,21-/m1/s1. The van der Waals surface area contributed by atoms with Crippen LogP contribution in [0.3, 0.4) is 0 Å². The maximum absolute atomic E-state index is 13.2. The first-order valence-corrected chi connectivity index (χ1v) is 13.9. The van der Waals surface area contributed by atoms with Gasteiger partial charge in [-0.25, -0.2) is 14.8 Å². The van der Waals surface area contributed by atoms with Crippen LogP contribution in [0.15, 0.2) is 60.9 Å². The number of rotatable bonds is 6. The van der Waals surface area contributed by atoms with Gasteiger partial charge in [0.05, 0.1) is 22.8 Å². The molecule has 1 saturated heterocycles. The number of H-pyrrole nitrogens is 1. The Morgan fingerprint density at radius 1 is 1.05 bits per heavy atom. The number of carbonyl (C=O) groups excluding carboxylic acids is 2. The van der Waals surface area contributed by atoms with E-state index >= 15 is 0 Å². The van der Waals surface area contributed by atoms with Crippen LogP contribution in [0.1, 0.15) is 27.2 Å². The van der Waals surface area contributed by atoms with E-state index in [-0.39, 0.29) is 17.9 Å². The molecule has 0 bridgehead atoms. The summed E-state index contributed by atoms with van der Waals surface area (Å²) in [6.45, 7) is 6.78. The van der Waals surface area contributed by atoms with Crippen LogP contribution in [-0.4, -0.2) is 63.6 Å². The Bertz CT molecular complexity index is 1550. The number of nitrogens with zero attached hydrogens (tertiary/aromatic N) is 3. The molecule has 0 aliphatic carbocycles. The van der Waals surface area contributed by atoms with Gasteiger partial charge in [-0.1, -0.05) is 29.8 Å². The lowest BCUT2D eigenvalue weighted by molar-refractivity contribution is -0.121. The van der Waals surface area contributed by atoms with Crippen molar-refractivity contribution in [2.75, 3.05) is 36.1 Å². The smallest absolute Gasteiger partial charge is 0.412 e. The molecular weight excluding hydrogens is 542 g/mol. The molecule has 4 aromatic rings. The van der Waals surface area contributed by atoms with Crippen LogP contribution >= 0.6 is 11.6 Å². The fourth-order valence-corrected chi connectivity index (χ4v) is 5.19. The average molecular weight is 576 g/mol. The number of likely N-dealkylation sites (N-methyl/N-ethyl adjacent to an activating group) is 1. The minimum atomic E-state index is -0.586. The van der Waals surface area contributed by atoms with E-state index in [1.807, 2.05) is 37.5 Å². The van der Waals surface area contributed by atoms with Crippen LogP contribution in [-0.2, 0) is 9.53 Å². The summed E-state index contributed by atoms with van der Waals surface area (Å²) in [5.74, 6) is 0.140. The molecule has 10 nitrogen and oxygen atoms in total. The number of ether oxygens (including phenoxy) is 1. The summed E-state index contributed by atoms with van der Waals surface area (Å²) in [6.07, 6.45) is 3.59. The van der Waals surface area contributed by atoms with Gasteiger partial charge in [0.2, 0.25) is 11.9 Å². The van der Waals surface area contributed by atoms with Crippen molar-refractivity contribution in [2.24, 2.45) is 5.92 Å². The van der Waals surface area contributed by atoms with Crippen molar-refractivity contribution in [3.05, 3.63) is 65.9 Å². The summed E-state index contributed by atoms with van der Waals surface area (Å²) in [6, 6.07) is 14.9. The summed E-state index contributed by atoms with van der Waals surface area (Å²) >= 11 is 6.50. The molecule has 41 heavy (non-hydrogen) atoms. The van der Waals surface area contributed by atoms with Gasteiger partial charge in [0.1, 0.15) is 5.60 Å². The zero-order valence-corrected chi connectivity index (χ0v) is 24.2. The largest absolute Gasteiger partial charge is 0.444 e. The number of carbonyl (C=O) groups is 2. The number of nitrogens with one attached hydrogen (secondary N) is 4. The van der Waals surface area contributed by atoms with Gasteiger partial charge in [0, 0.05) is 53.2 Å². The Morgan fingerprint density at radius 2 is 1.76 bits per heavy atom. The van der Waals surface area contributed by atoms with Gasteiger partial charge in [0.15, 0.2) is 0 Å². The second-order valence-corrected chi connectivity index (χ2v) is 11.7. The number of hydrogen-bond donors (Lipinski definition) is 4. The molecule has 4 N–H and O–H groups in total. The van der Waals surface area contributed by atoms with Gasteiger partial charge >= 0.3 is 6.09 Å². The number of hydrogen-bond acceptors (Lipinski definition) is 7. The first kappa shape index (κ1) is 28.4. The SMILES string of the molecule is CN1C[C@H](Nc2ncc(Cl)c(-c3c[nH]c4ccccc34)n2)C[C@@H](C(=O)Nc2ccc(NC(=O)OC(C)(C)C)cc2)C1. The lowest BCUT2D eigenvalue weighted by atomic mass is 9.93. The van der Waals surface area contributed by atoms with E-state index in [2.05, 4.69) is 30.8 Å². The number of anilines is 3. The molecule has 1 aliphatic heterocycles. The number of halogens is 1. The zero-order valence-electron chi connectivity index (χ0n) is 23.5. The number of para-hydroxylation sites is 1. The molecule has 2 aromatic carbocycles. The minimum Gasteiger partial charge on any atom is -0.444 e. The summed E-state index contributed by atoms with van der Waals surface area (Å²) in [7, 11) is 1.99. The van der Waals surface area contributed by atoms with Crippen LogP contribution < -0.4 is 16.0 Å². The molecule has 0 unspecified atom stereocenters. The molecule has 11 heteroatoms. The first-order valence-electron chi connectivity index (χ1n) is 13.5. The van der Waals surface area contributed by atoms with Gasteiger partial charge in [-0.2, -0.15) is 0 Å². The van der Waals surface area contributed by atoms with Crippen molar-refractivity contribution in [2.45, 2.75) is 38.8 Å². The molecule has 2 aromatic heterocycles. The highest BCUT2D eigenvalue weighted by molar-refractivity contribution is 6.33.